The van der Waals surface area contributed by atoms with Crippen molar-refractivity contribution in [2.75, 3.05) is 19.6 Å². The maximum atomic E-state index is 4.60. The molecule has 0 radical (unpaired) electrons. The molecular formula is C17H27N3. The van der Waals surface area contributed by atoms with Crippen LogP contribution in [-0.4, -0.2) is 46.5 Å². The number of piperazine rings is 1. The molecule has 2 saturated heterocycles. The lowest BCUT2D eigenvalue weighted by atomic mass is 9.97. The van der Waals surface area contributed by atoms with Crippen LogP contribution >= 0.6 is 0 Å². The van der Waals surface area contributed by atoms with E-state index in [0.717, 1.165) is 12.6 Å². The van der Waals surface area contributed by atoms with Gasteiger partial charge in [0.05, 0.1) is 5.69 Å². The van der Waals surface area contributed by atoms with E-state index >= 15 is 0 Å². The normalized spacial score (nSPS) is 28.0. The molecule has 20 heavy (non-hydrogen) atoms. The zero-order valence-corrected chi connectivity index (χ0v) is 13.0. The molecule has 1 aromatic rings. The van der Waals surface area contributed by atoms with Gasteiger partial charge in [-0.3, -0.25) is 14.8 Å². The van der Waals surface area contributed by atoms with Gasteiger partial charge >= 0.3 is 0 Å². The molecule has 3 rings (SSSR count). The van der Waals surface area contributed by atoms with Crippen molar-refractivity contribution < 1.29 is 0 Å². The molecule has 1 aromatic heterocycles. The average molecular weight is 273 g/mol. The van der Waals surface area contributed by atoms with E-state index in [1.165, 1.54) is 43.7 Å². The molecule has 2 aliphatic heterocycles. The van der Waals surface area contributed by atoms with E-state index in [0.29, 0.717) is 12.0 Å². The first-order valence-electron chi connectivity index (χ1n) is 8.03. The smallest absolute Gasteiger partial charge is 0.0573 e. The molecule has 0 aromatic carbocycles. The molecule has 3 heteroatoms. The Labute approximate surface area is 123 Å². The molecule has 110 valence electrons. The Bertz CT molecular complexity index is 457. The van der Waals surface area contributed by atoms with Gasteiger partial charge in [0.15, 0.2) is 0 Å². The molecule has 0 N–H and O–H groups in total. The number of hydrogen-bond donors (Lipinski definition) is 0. The summed E-state index contributed by atoms with van der Waals surface area (Å²) >= 11 is 0. The maximum Gasteiger partial charge on any atom is 0.0573 e. The predicted octanol–water partition coefficient (Wildman–Crippen LogP) is 2.69. The van der Waals surface area contributed by atoms with Crippen molar-refractivity contribution in [1.82, 2.24) is 14.8 Å². The van der Waals surface area contributed by atoms with E-state index in [9.17, 15) is 0 Å². The Morgan fingerprint density at radius 1 is 1.35 bits per heavy atom. The summed E-state index contributed by atoms with van der Waals surface area (Å²) in [4.78, 5) is 10.00. The average Bonchev–Trinajstić information content (AvgIpc) is 2.87. The summed E-state index contributed by atoms with van der Waals surface area (Å²) in [5, 5.41) is 0. The summed E-state index contributed by atoms with van der Waals surface area (Å²) in [6, 6.07) is 5.67. The van der Waals surface area contributed by atoms with Gasteiger partial charge in [0, 0.05) is 37.9 Å². The monoisotopic (exact) mass is 273 g/mol. The van der Waals surface area contributed by atoms with Crippen LogP contribution < -0.4 is 0 Å². The number of aromatic nitrogens is 1. The highest BCUT2D eigenvalue weighted by Crippen LogP contribution is 2.28. The van der Waals surface area contributed by atoms with Gasteiger partial charge in [-0.25, -0.2) is 0 Å². The highest BCUT2D eigenvalue weighted by atomic mass is 15.3. The molecular weight excluding hydrogens is 246 g/mol. The van der Waals surface area contributed by atoms with Gasteiger partial charge in [-0.2, -0.15) is 0 Å². The molecule has 0 bridgehead atoms. The SMILES string of the molecule is Cc1cccnc1CN1CC2CCCN2CC1C(C)C. The largest absolute Gasteiger partial charge is 0.298 e. The molecule has 2 fully saturated rings. The van der Waals surface area contributed by atoms with Crippen LogP contribution in [0, 0.1) is 12.8 Å². The minimum absolute atomic E-state index is 0.672. The van der Waals surface area contributed by atoms with Crippen molar-refractivity contribution >= 4 is 0 Å². The van der Waals surface area contributed by atoms with Gasteiger partial charge in [0.25, 0.3) is 0 Å². The summed E-state index contributed by atoms with van der Waals surface area (Å²) < 4.78 is 0. The van der Waals surface area contributed by atoms with Crippen LogP contribution in [0.15, 0.2) is 18.3 Å². The quantitative estimate of drug-likeness (QED) is 0.844. The lowest BCUT2D eigenvalue weighted by Gasteiger charge is -2.45. The highest BCUT2D eigenvalue weighted by molar-refractivity contribution is 5.18. The zero-order chi connectivity index (χ0) is 14.1. The van der Waals surface area contributed by atoms with Crippen LogP contribution in [-0.2, 0) is 6.54 Å². The van der Waals surface area contributed by atoms with Gasteiger partial charge in [-0.15, -0.1) is 0 Å². The predicted molar refractivity (Wildman–Crippen MR) is 82.6 cm³/mol. The molecule has 2 unspecified atom stereocenters. The zero-order valence-electron chi connectivity index (χ0n) is 13.0. The van der Waals surface area contributed by atoms with Crippen molar-refractivity contribution in [2.45, 2.75) is 52.2 Å². The minimum Gasteiger partial charge on any atom is -0.298 e. The second-order valence-corrected chi connectivity index (χ2v) is 6.80. The third kappa shape index (κ3) is 2.75. The number of pyridine rings is 1. The molecule has 0 spiro atoms. The van der Waals surface area contributed by atoms with Gasteiger partial charge in [-0.1, -0.05) is 19.9 Å². The Morgan fingerprint density at radius 2 is 2.20 bits per heavy atom. The summed E-state index contributed by atoms with van der Waals surface area (Å²) in [5.74, 6) is 0.709. The third-order valence-electron chi connectivity index (χ3n) is 5.08. The Morgan fingerprint density at radius 3 is 2.95 bits per heavy atom. The lowest BCUT2D eigenvalue weighted by Crippen LogP contribution is -2.57. The second-order valence-electron chi connectivity index (χ2n) is 6.80. The minimum atomic E-state index is 0.672. The van der Waals surface area contributed by atoms with Crippen LogP contribution in [0.25, 0.3) is 0 Å². The fraction of sp³-hybridized carbons (Fsp3) is 0.706. The maximum absolute atomic E-state index is 4.60. The number of rotatable bonds is 3. The van der Waals surface area contributed by atoms with Crippen LogP contribution in [0.2, 0.25) is 0 Å². The number of aryl methyl sites for hydroxylation is 1. The Balaban J connectivity index is 1.77. The Kier molecular flexibility index (Phi) is 4.08. The van der Waals surface area contributed by atoms with E-state index in [1.807, 2.05) is 12.3 Å². The van der Waals surface area contributed by atoms with E-state index in [1.54, 1.807) is 0 Å². The van der Waals surface area contributed by atoms with Crippen LogP contribution in [0.3, 0.4) is 0 Å². The van der Waals surface area contributed by atoms with Crippen molar-refractivity contribution in [2.24, 2.45) is 5.92 Å². The fourth-order valence-electron chi connectivity index (χ4n) is 3.79. The van der Waals surface area contributed by atoms with Crippen molar-refractivity contribution in [3.8, 4) is 0 Å². The molecule has 0 aliphatic carbocycles. The summed E-state index contributed by atoms with van der Waals surface area (Å²) in [6.07, 6.45) is 4.69. The van der Waals surface area contributed by atoms with Crippen LogP contribution in [0.4, 0.5) is 0 Å². The van der Waals surface area contributed by atoms with E-state index in [-0.39, 0.29) is 0 Å². The first-order chi connectivity index (χ1) is 9.65. The number of fused-ring (bicyclic) bond motifs is 1. The van der Waals surface area contributed by atoms with Crippen molar-refractivity contribution in [3.05, 3.63) is 29.6 Å². The molecule has 0 amide bonds. The molecule has 0 saturated carbocycles. The third-order valence-corrected chi connectivity index (χ3v) is 5.08. The van der Waals surface area contributed by atoms with Gasteiger partial charge in [0.2, 0.25) is 0 Å². The van der Waals surface area contributed by atoms with E-state index < -0.39 is 0 Å². The number of nitrogens with zero attached hydrogens (tertiary/aromatic N) is 3. The highest BCUT2D eigenvalue weighted by Gasteiger charge is 2.37. The second kappa shape index (κ2) is 5.82. The number of hydrogen-bond acceptors (Lipinski definition) is 3. The van der Waals surface area contributed by atoms with Crippen molar-refractivity contribution in [3.63, 3.8) is 0 Å². The standard InChI is InChI=1S/C17H27N3/c1-13(2)17-12-19-9-5-7-15(19)10-20(17)11-16-14(3)6-4-8-18-16/h4,6,8,13,15,17H,5,7,9-12H2,1-3H3. The molecule has 3 heterocycles. The van der Waals surface area contributed by atoms with Gasteiger partial charge < -0.3 is 0 Å². The Hall–Kier alpha value is -0.930. The fourth-order valence-corrected chi connectivity index (χ4v) is 3.79. The lowest BCUT2D eigenvalue weighted by molar-refractivity contribution is 0.0230. The topological polar surface area (TPSA) is 19.4 Å². The molecule has 2 aliphatic rings. The van der Waals surface area contributed by atoms with E-state index in [4.69, 9.17) is 0 Å². The summed E-state index contributed by atoms with van der Waals surface area (Å²) in [5.41, 5.74) is 2.58. The first-order valence-corrected chi connectivity index (χ1v) is 8.03. The summed E-state index contributed by atoms with van der Waals surface area (Å²) in [6.45, 7) is 11.7. The van der Waals surface area contributed by atoms with Crippen LogP contribution in [0.1, 0.15) is 37.9 Å². The van der Waals surface area contributed by atoms with Gasteiger partial charge in [-0.05, 0) is 43.9 Å². The van der Waals surface area contributed by atoms with Gasteiger partial charge in [0.1, 0.15) is 0 Å². The molecule has 3 nitrogen and oxygen atoms in total. The first kappa shape index (κ1) is 14.0. The molecule has 2 atom stereocenters. The van der Waals surface area contributed by atoms with Crippen LogP contribution in [0.5, 0.6) is 0 Å². The summed E-state index contributed by atoms with van der Waals surface area (Å²) in [7, 11) is 0. The van der Waals surface area contributed by atoms with E-state index in [2.05, 4.69) is 41.6 Å². The van der Waals surface area contributed by atoms with Crippen molar-refractivity contribution in [1.29, 1.82) is 0 Å².